The van der Waals surface area contributed by atoms with Crippen LogP contribution in [0.25, 0.3) is 0 Å². The zero-order chi connectivity index (χ0) is 20.3. The van der Waals surface area contributed by atoms with E-state index in [4.69, 9.17) is 9.47 Å². The Kier molecular flexibility index (Phi) is 6.04. The monoisotopic (exact) mass is 443 g/mol. The molecule has 1 heterocycles. The largest absolute Gasteiger partial charge is 0.493 e. The number of benzene rings is 2. The van der Waals surface area contributed by atoms with E-state index in [1.807, 2.05) is 54.9 Å². The van der Waals surface area contributed by atoms with Gasteiger partial charge in [0.1, 0.15) is 0 Å². The first kappa shape index (κ1) is 19.9. The van der Waals surface area contributed by atoms with Crippen molar-refractivity contribution in [2.24, 2.45) is 0 Å². The molecule has 1 N–H and O–H groups in total. The lowest BCUT2D eigenvalue weighted by atomic mass is 10.2. The number of halogens is 1. The van der Waals surface area contributed by atoms with E-state index in [-0.39, 0.29) is 5.91 Å². The van der Waals surface area contributed by atoms with Crippen LogP contribution in [0, 0.1) is 13.8 Å². The van der Waals surface area contributed by atoms with E-state index in [1.54, 1.807) is 20.3 Å². The van der Waals surface area contributed by atoms with Crippen LogP contribution in [-0.2, 0) is 6.54 Å². The molecule has 28 heavy (non-hydrogen) atoms. The molecule has 1 amide bonds. The van der Waals surface area contributed by atoms with Gasteiger partial charge in [0, 0.05) is 4.47 Å². The van der Waals surface area contributed by atoms with E-state index in [0.717, 1.165) is 27.1 Å². The molecule has 0 aliphatic rings. The van der Waals surface area contributed by atoms with Gasteiger partial charge in [0.15, 0.2) is 11.5 Å². The van der Waals surface area contributed by atoms with Crippen LogP contribution in [0.3, 0.4) is 0 Å². The SMILES string of the molecule is COc1ccc(Cn2nc(C)c(NC(=O)c3ccccc3Br)c2C)cc1OC. The van der Waals surface area contributed by atoms with Crippen molar-refractivity contribution in [2.45, 2.75) is 20.4 Å². The van der Waals surface area contributed by atoms with E-state index in [0.29, 0.717) is 23.6 Å². The Morgan fingerprint density at radius 2 is 1.82 bits per heavy atom. The van der Waals surface area contributed by atoms with Gasteiger partial charge in [-0.05, 0) is 59.6 Å². The van der Waals surface area contributed by atoms with Crippen molar-refractivity contribution >= 4 is 27.5 Å². The van der Waals surface area contributed by atoms with E-state index in [1.165, 1.54) is 0 Å². The quantitative estimate of drug-likeness (QED) is 0.605. The van der Waals surface area contributed by atoms with Crippen LogP contribution in [0.5, 0.6) is 11.5 Å². The van der Waals surface area contributed by atoms with Gasteiger partial charge >= 0.3 is 0 Å². The minimum Gasteiger partial charge on any atom is -0.493 e. The Balaban J connectivity index is 1.84. The number of anilines is 1. The molecule has 1 aromatic heterocycles. The van der Waals surface area contributed by atoms with Gasteiger partial charge in [0.05, 0.1) is 43.4 Å². The molecule has 0 bridgehead atoms. The lowest BCUT2D eigenvalue weighted by Gasteiger charge is -2.11. The first-order valence-electron chi connectivity index (χ1n) is 8.75. The molecule has 0 fully saturated rings. The number of methoxy groups -OCH3 is 2. The first-order valence-corrected chi connectivity index (χ1v) is 9.54. The van der Waals surface area contributed by atoms with Gasteiger partial charge in [-0.3, -0.25) is 9.48 Å². The summed E-state index contributed by atoms with van der Waals surface area (Å²) in [6, 6.07) is 13.1. The Morgan fingerprint density at radius 1 is 1.11 bits per heavy atom. The summed E-state index contributed by atoms with van der Waals surface area (Å²) in [6.07, 6.45) is 0. The number of ether oxygens (including phenoxy) is 2. The molecule has 0 unspecified atom stereocenters. The second-order valence-electron chi connectivity index (χ2n) is 6.33. The predicted molar refractivity (Wildman–Crippen MR) is 112 cm³/mol. The zero-order valence-corrected chi connectivity index (χ0v) is 17.8. The molecule has 0 spiro atoms. The van der Waals surface area contributed by atoms with Crippen LogP contribution in [0.4, 0.5) is 5.69 Å². The van der Waals surface area contributed by atoms with Crippen LogP contribution in [0.1, 0.15) is 27.3 Å². The van der Waals surface area contributed by atoms with Crippen molar-refractivity contribution in [1.29, 1.82) is 0 Å². The molecule has 0 aliphatic carbocycles. The maximum atomic E-state index is 12.7. The second-order valence-corrected chi connectivity index (χ2v) is 7.18. The highest BCUT2D eigenvalue weighted by Crippen LogP contribution is 2.29. The molecule has 7 heteroatoms. The molecular formula is C21H22BrN3O3. The number of hydrogen-bond donors (Lipinski definition) is 1. The number of amides is 1. The molecule has 0 atom stereocenters. The summed E-state index contributed by atoms with van der Waals surface area (Å²) >= 11 is 3.42. The van der Waals surface area contributed by atoms with Crippen LogP contribution < -0.4 is 14.8 Å². The molecule has 3 rings (SSSR count). The zero-order valence-electron chi connectivity index (χ0n) is 16.2. The van der Waals surface area contributed by atoms with Gasteiger partial charge in [0.25, 0.3) is 5.91 Å². The number of aryl methyl sites for hydroxylation is 1. The molecule has 6 nitrogen and oxygen atoms in total. The molecule has 3 aromatic rings. The Morgan fingerprint density at radius 3 is 2.50 bits per heavy atom. The van der Waals surface area contributed by atoms with Gasteiger partial charge in [-0.15, -0.1) is 0 Å². The molecular weight excluding hydrogens is 422 g/mol. The summed E-state index contributed by atoms with van der Waals surface area (Å²) in [6.45, 7) is 4.38. The van der Waals surface area contributed by atoms with Gasteiger partial charge < -0.3 is 14.8 Å². The fourth-order valence-corrected chi connectivity index (χ4v) is 3.47. The normalized spacial score (nSPS) is 10.6. The van der Waals surface area contributed by atoms with Crippen LogP contribution in [0.15, 0.2) is 46.9 Å². The van der Waals surface area contributed by atoms with Crippen molar-refractivity contribution < 1.29 is 14.3 Å². The standard InChI is InChI=1S/C21H22BrN3O3/c1-13-20(23-21(26)16-7-5-6-8-17(16)22)14(2)25(24-13)12-15-9-10-18(27-3)19(11-15)28-4/h5-11H,12H2,1-4H3,(H,23,26). The summed E-state index contributed by atoms with van der Waals surface area (Å²) in [5, 5.41) is 7.58. The Labute approximate surface area is 172 Å². The molecule has 0 saturated carbocycles. The number of aromatic nitrogens is 2. The predicted octanol–water partition coefficient (Wildman–Crippen LogP) is 4.58. The number of nitrogens with zero attached hydrogens (tertiary/aromatic N) is 2. The van der Waals surface area contributed by atoms with Crippen LogP contribution >= 0.6 is 15.9 Å². The van der Waals surface area contributed by atoms with Gasteiger partial charge in [0.2, 0.25) is 0 Å². The van der Waals surface area contributed by atoms with Crippen LogP contribution in [0.2, 0.25) is 0 Å². The number of nitrogens with one attached hydrogen (secondary N) is 1. The minimum atomic E-state index is -0.177. The van der Waals surface area contributed by atoms with E-state index < -0.39 is 0 Å². The Bertz CT molecular complexity index is 1010. The molecule has 146 valence electrons. The Hall–Kier alpha value is -2.80. The molecule has 0 aliphatic heterocycles. The van der Waals surface area contributed by atoms with Gasteiger partial charge in [-0.2, -0.15) is 5.10 Å². The molecule has 0 saturated heterocycles. The summed E-state index contributed by atoms with van der Waals surface area (Å²) in [5.74, 6) is 1.18. The summed E-state index contributed by atoms with van der Waals surface area (Å²) in [4.78, 5) is 12.7. The van der Waals surface area contributed by atoms with Crippen molar-refractivity contribution in [3.8, 4) is 11.5 Å². The number of rotatable bonds is 6. The minimum absolute atomic E-state index is 0.177. The number of hydrogen-bond acceptors (Lipinski definition) is 4. The third-order valence-corrected chi connectivity index (χ3v) is 5.21. The third-order valence-electron chi connectivity index (χ3n) is 4.52. The lowest BCUT2D eigenvalue weighted by Crippen LogP contribution is -2.14. The van der Waals surface area contributed by atoms with Crippen molar-refractivity contribution in [2.75, 3.05) is 19.5 Å². The van der Waals surface area contributed by atoms with Gasteiger partial charge in [-0.25, -0.2) is 0 Å². The smallest absolute Gasteiger partial charge is 0.256 e. The second kappa shape index (κ2) is 8.48. The average molecular weight is 444 g/mol. The summed E-state index contributed by atoms with van der Waals surface area (Å²) in [7, 11) is 3.22. The first-order chi connectivity index (χ1) is 13.4. The third kappa shape index (κ3) is 4.04. The average Bonchev–Trinajstić information content (AvgIpc) is 2.95. The number of carbonyl (C=O) groups excluding carboxylic acids is 1. The fourth-order valence-electron chi connectivity index (χ4n) is 3.01. The topological polar surface area (TPSA) is 65.4 Å². The fraction of sp³-hybridized carbons (Fsp3) is 0.238. The maximum absolute atomic E-state index is 12.7. The highest BCUT2D eigenvalue weighted by molar-refractivity contribution is 9.10. The number of carbonyl (C=O) groups is 1. The van der Waals surface area contributed by atoms with E-state index >= 15 is 0 Å². The van der Waals surface area contributed by atoms with Crippen LogP contribution in [-0.4, -0.2) is 29.9 Å². The summed E-state index contributed by atoms with van der Waals surface area (Å²) in [5.41, 5.74) is 3.97. The lowest BCUT2D eigenvalue weighted by molar-refractivity contribution is 0.102. The van der Waals surface area contributed by atoms with E-state index in [2.05, 4.69) is 26.3 Å². The van der Waals surface area contributed by atoms with E-state index in [9.17, 15) is 4.79 Å². The highest BCUT2D eigenvalue weighted by Gasteiger charge is 2.17. The van der Waals surface area contributed by atoms with Gasteiger partial charge in [-0.1, -0.05) is 18.2 Å². The highest BCUT2D eigenvalue weighted by atomic mass is 79.9. The molecule has 2 aromatic carbocycles. The maximum Gasteiger partial charge on any atom is 0.256 e. The summed E-state index contributed by atoms with van der Waals surface area (Å²) < 4.78 is 13.3. The van der Waals surface area contributed by atoms with Crippen molar-refractivity contribution in [3.05, 3.63) is 69.5 Å². The van der Waals surface area contributed by atoms with Crippen molar-refractivity contribution in [1.82, 2.24) is 9.78 Å². The van der Waals surface area contributed by atoms with Crippen molar-refractivity contribution in [3.63, 3.8) is 0 Å². The molecule has 0 radical (unpaired) electrons.